The number of benzene rings is 1. The lowest BCUT2D eigenvalue weighted by molar-refractivity contribution is 0.0819. The average molecular weight is 264 g/mol. The molecule has 0 heterocycles. The van der Waals surface area contributed by atoms with E-state index in [1.54, 1.807) is 31.2 Å². The second-order valence-electron chi connectivity index (χ2n) is 3.47. The maximum Gasteiger partial charge on any atom is 0.272 e. The third-order valence-electron chi connectivity index (χ3n) is 2.07. The number of anilines is 1. The van der Waals surface area contributed by atoms with Crippen LogP contribution in [0, 0.1) is 29.6 Å². The van der Waals surface area contributed by atoms with Gasteiger partial charge in [0.15, 0.2) is 0 Å². The molecule has 0 aliphatic carbocycles. The van der Waals surface area contributed by atoms with Gasteiger partial charge in [0, 0.05) is 0 Å². The van der Waals surface area contributed by atoms with Crippen molar-refractivity contribution in [1.29, 1.82) is 10.5 Å². The van der Waals surface area contributed by atoms with Crippen LogP contribution in [0.2, 0.25) is 0 Å². The molecule has 0 bridgehead atoms. The van der Waals surface area contributed by atoms with Gasteiger partial charge in [-0.15, -0.1) is 0 Å². The molecule has 98 valence electrons. The first kappa shape index (κ1) is 14.4. The van der Waals surface area contributed by atoms with Crippen molar-refractivity contribution >= 4 is 11.4 Å². The lowest BCUT2D eigenvalue weighted by Crippen LogP contribution is -2.07. The summed E-state index contributed by atoms with van der Waals surface area (Å²) in [5.74, 6) is 0.313. The van der Waals surface area contributed by atoms with Crippen molar-refractivity contribution in [3.8, 4) is 17.9 Å². The second-order valence-corrected chi connectivity index (χ2v) is 3.47. The molecule has 1 aromatic rings. The summed E-state index contributed by atoms with van der Waals surface area (Å²) in [4.78, 5) is 0. The van der Waals surface area contributed by atoms with Gasteiger partial charge in [-0.1, -0.05) is 0 Å². The lowest BCUT2D eigenvalue weighted by Gasteiger charge is -2.09. The minimum absolute atomic E-state index is 0.308. The van der Waals surface area contributed by atoms with Gasteiger partial charge < -0.3 is 4.74 Å². The minimum atomic E-state index is -2.53. The summed E-state index contributed by atoms with van der Waals surface area (Å²) in [6, 6.07) is 7.82. The fraction of sp³-hybridized carbons (Fsp3) is 0.250. The number of rotatable bonds is 5. The Morgan fingerprint density at radius 2 is 2.11 bits per heavy atom. The fourth-order valence-corrected chi connectivity index (χ4v) is 1.20. The molecule has 0 aliphatic heterocycles. The van der Waals surface area contributed by atoms with E-state index in [0.717, 1.165) is 0 Å². The summed E-state index contributed by atoms with van der Waals surface area (Å²) < 4.78 is 28.8. The minimum Gasteiger partial charge on any atom is -0.488 e. The van der Waals surface area contributed by atoms with E-state index in [1.165, 1.54) is 6.07 Å². The Labute approximate surface area is 108 Å². The van der Waals surface area contributed by atoms with Crippen molar-refractivity contribution in [3.63, 3.8) is 0 Å². The molecule has 0 atom stereocenters. The molecular weight excluding hydrogens is 254 g/mol. The summed E-state index contributed by atoms with van der Waals surface area (Å²) in [5.41, 5.74) is 3.47. The van der Waals surface area contributed by atoms with Gasteiger partial charge >= 0.3 is 0 Å². The highest BCUT2D eigenvalue weighted by Gasteiger charge is 2.05. The maximum atomic E-state index is 12.0. The highest BCUT2D eigenvalue weighted by molar-refractivity contribution is 6.10. The van der Waals surface area contributed by atoms with Gasteiger partial charge in [-0.3, -0.25) is 5.43 Å². The number of nitriles is 2. The van der Waals surface area contributed by atoms with Crippen molar-refractivity contribution in [2.75, 3.05) is 12.0 Å². The number of nitrogens with one attached hydrogen (secondary N) is 1. The highest BCUT2D eigenvalue weighted by atomic mass is 19.3. The number of ether oxygens (including phenoxy) is 1. The van der Waals surface area contributed by atoms with E-state index in [9.17, 15) is 8.78 Å². The Balaban J connectivity index is 2.76. The summed E-state index contributed by atoms with van der Waals surface area (Å²) in [6.07, 6.45) is -2.53. The van der Waals surface area contributed by atoms with E-state index in [4.69, 9.17) is 15.3 Å². The summed E-state index contributed by atoms with van der Waals surface area (Å²) in [5, 5.41) is 20.6. The second kappa shape index (κ2) is 6.92. The predicted molar refractivity (Wildman–Crippen MR) is 65.0 cm³/mol. The van der Waals surface area contributed by atoms with Crippen LogP contribution in [0.4, 0.5) is 14.5 Å². The van der Waals surface area contributed by atoms with Gasteiger partial charge in [0.25, 0.3) is 6.43 Å². The number of hydrogen-bond donors (Lipinski definition) is 1. The van der Waals surface area contributed by atoms with E-state index in [1.807, 2.05) is 0 Å². The predicted octanol–water partition coefficient (Wildman–Crippen LogP) is 2.45. The highest BCUT2D eigenvalue weighted by Crippen LogP contribution is 2.21. The molecule has 1 rings (SSSR count). The third kappa shape index (κ3) is 4.60. The third-order valence-corrected chi connectivity index (χ3v) is 2.07. The van der Waals surface area contributed by atoms with Crippen molar-refractivity contribution in [3.05, 3.63) is 23.8 Å². The summed E-state index contributed by atoms with van der Waals surface area (Å²) >= 11 is 0. The summed E-state index contributed by atoms with van der Waals surface area (Å²) in [6.45, 7) is 1.04. The Morgan fingerprint density at radius 3 is 2.63 bits per heavy atom. The van der Waals surface area contributed by atoms with E-state index in [2.05, 4.69) is 10.5 Å². The van der Waals surface area contributed by atoms with Gasteiger partial charge in [-0.05, 0) is 30.7 Å². The van der Waals surface area contributed by atoms with E-state index >= 15 is 0 Å². The quantitative estimate of drug-likeness (QED) is 0.654. The molecule has 1 aromatic carbocycles. The van der Waals surface area contributed by atoms with E-state index in [0.29, 0.717) is 17.0 Å². The smallest absolute Gasteiger partial charge is 0.272 e. The van der Waals surface area contributed by atoms with E-state index in [-0.39, 0.29) is 5.71 Å². The summed E-state index contributed by atoms with van der Waals surface area (Å²) in [7, 11) is 0. The Kier molecular flexibility index (Phi) is 5.24. The van der Waals surface area contributed by atoms with Crippen LogP contribution < -0.4 is 10.2 Å². The molecule has 0 saturated heterocycles. The van der Waals surface area contributed by atoms with Crippen LogP contribution in [0.5, 0.6) is 5.75 Å². The molecule has 0 amide bonds. The largest absolute Gasteiger partial charge is 0.488 e. The molecule has 0 unspecified atom stereocenters. The van der Waals surface area contributed by atoms with Crippen molar-refractivity contribution < 1.29 is 13.5 Å². The van der Waals surface area contributed by atoms with Gasteiger partial charge in [0.05, 0.1) is 5.69 Å². The Bertz CT molecular complexity index is 542. The number of hydrazone groups is 1. The van der Waals surface area contributed by atoms with Crippen molar-refractivity contribution in [1.82, 2.24) is 0 Å². The molecule has 0 fully saturated rings. The van der Waals surface area contributed by atoms with Crippen LogP contribution in [0.15, 0.2) is 23.3 Å². The molecule has 19 heavy (non-hydrogen) atoms. The molecule has 0 aliphatic rings. The standard InChI is InChI=1S/C12H10F2N4O/c1-8-4-10(19-7-12(13)14)2-3-11(8)18-17-9(5-15)6-16/h2-4,12,18H,7H2,1H3. The number of halogens is 2. The monoisotopic (exact) mass is 264 g/mol. The number of aryl methyl sites for hydroxylation is 1. The van der Waals surface area contributed by atoms with Crippen LogP contribution in [-0.2, 0) is 0 Å². The van der Waals surface area contributed by atoms with Gasteiger partial charge in [-0.25, -0.2) is 8.78 Å². The van der Waals surface area contributed by atoms with Gasteiger partial charge in [-0.2, -0.15) is 15.6 Å². The fourth-order valence-electron chi connectivity index (χ4n) is 1.20. The topological polar surface area (TPSA) is 81.2 Å². The van der Waals surface area contributed by atoms with Crippen LogP contribution in [-0.4, -0.2) is 18.7 Å². The molecule has 0 saturated carbocycles. The number of nitrogens with zero attached hydrogens (tertiary/aromatic N) is 3. The number of hydrogen-bond acceptors (Lipinski definition) is 5. The van der Waals surface area contributed by atoms with Crippen LogP contribution in [0.1, 0.15) is 5.56 Å². The van der Waals surface area contributed by atoms with Gasteiger partial charge in [0.2, 0.25) is 5.71 Å². The zero-order valence-corrected chi connectivity index (χ0v) is 10.0. The zero-order chi connectivity index (χ0) is 14.3. The Hall–Kier alpha value is -2.67. The first-order chi connectivity index (χ1) is 9.06. The zero-order valence-electron chi connectivity index (χ0n) is 10.0. The van der Waals surface area contributed by atoms with Crippen molar-refractivity contribution in [2.45, 2.75) is 13.3 Å². The number of alkyl halides is 2. The molecule has 7 heteroatoms. The van der Waals surface area contributed by atoms with Gasteiger partial charge in [0.1, 0.15) is 24.5 Å². The molecule has 0 radical (unpaired) electrons. The molecule has 0 aromatic heterocycles. The van der Waals surface area contributed by atoms with E-state index < -0.39 is 13.0 Å². The SMILES string of the molecule is Cc1cc(OCC(F)F)ccc1NN=C(C#N)C#N. The first-order valence-electron chi connectivity index (χ1n) is 5.22. The molecule has 1 N–H and O–H groups in total. The first-order valence-corrected chi connectivity index (χ1v) is 5.22. The van der Waals surface area contributed by atoms with Crippen LogP contribution in [0.3, 0.4) is 0 Å². The maximum absolute atomic E-state index is 12.0. The molecular formula is C12H10F2N4O. The van der Waals surface area contributed by atoms with Crippen molar-refractivity contribution in [2.24, 2.45) is 5.10 Å². The van der Waals surface area contributed by atoms with Crippen LogP contribution in [0.25, 0.3) is 0 Å². The average Bonchev–Trinajstić information content (AvgIpc) is 2.39. The lowest BCUT2D eigenvalue weighted by atomic mass is 10.2. The molecule has 5 nitrogen and oxygen atoms in total. The normalized spacial score (nSPS) is 9.37. The van der Waals surface area contributed by atoms with Crippen LogP contribution >= 0.6 is 0 Å². The Morgan fingerprint density at radius 1 is 1.42 bits per heavy atom. The molecule has 0 spiro atoms.